The molecule has 3 atom stereocenters. The van der Waals surface area contributed by atoms with Crippen molar-refractivity contribution >= 4 is 21.6 Å². The minimum Gasteiger partial charge on any atom is -0.491 e. The molecule has 2 aromatic rings. The number of carbonyl (C=O) groups is 1. The SMILES string of the molecule is CO[C@H]1CN(C)C(=O)c2cc(NS(=O)(=O)CC(F)(F)F)ccc2OC[C@H](C)N(Cc2ccccn2)C[C@H]1C. The predicted molar refractivity (Wildman–Crippen MR) is 136 cm³/mol. The van der Waals surface area contributed by atoms with E-state index in [0.29, 0.717) is 13.1 Å². The fourth-order valence-corrected chi connectivity index (χ4v) is 5.26. The summed E-state index contributed by atoms with van der Waals surface area (Å²) in [5.74, 6) is -2.32. The van der Waals surface area contributed by atoms with Gasteiger partial charge in [-0.3, -0.25) is 19.4 Å². The minimum atomic E-state index is -4.91. The number of alkyl halides is 3. The Morgan fingerprint density at radius 2 is 1.92 bits per heavy atom. The quantitative estimate of drug-likeness (QED) is 0.580. The molecule has 1 aromatic carbocycles. The van der Waals surface area contributed by atoms with Crippen LogP contribution in [0.1, 0.15) is 29.9 Å². The van der Waals surface area contributed by atoms with Crippen molar-refractivity contribution in [2.24, 2.45) is 5.92 Å². The van der Waals surface area contributed by atoms with E-state index in [-0.39, 0.29) is 48.2 Å². The summed E-state index contributed by atoms with van der Waals surface area (Å²) in [6.45, 7) is 5.64. The molecule has 2 heterocycles. The second-order valence-electron chi connectivity index (χ2n) is 9.53. The molecule has 13 heteroatoms. The summed E-state index contributed by atoms with van der Waals surface area (Å²) in [6, 6.07) is 9.42. The maximum Gasteiger partial charge on any atom is 0.404 e. The van der Waals surface area contributed by atoms with Gasteiger partial charge in [-0.1, -0.05) is 13.0 Å². The molecule has 0 fully saturated rings. The lowest BCUT2D eigenvalue weighted by Gasteiger charge is -2.35. The number of pyridine rings is 1. The number of likely N-dealkylation sites (N-methyl/N-ethyl adjacent to an activating group) is 1. The van der Waals surface area contributed by atoms with E-state index in [4.69, 9.17) is 9.47 Å². The molecule has 0 aliphatic carbocycles. The predicted octanol–water partition coefficient (Wildman–Crippen LogP) is 3.39. The van der Waals surface area contributed by atoms with Gasteiger partial charge in [-0.2, -0.15) is 13.2 Å². The summed E-state index contributed by atoms with van der Waals surface area (Å²) < 4.78 is 75.7. The zero-order chi connectivity index (χ0) is 28.1. The van der Waals surface area contributed by atoms with Crippen molar-refractivity contribution in [1.29, 1.82) is 0 Å². The van der Waals surface area contributed by atoms with Crippen molar-refractivity contribution in [1.82, 2.24) is 14.8 Å². The largest absolute Gasteiger partial charge is 0.491 e. The van der Waals surface area contributed by atoms with Gasteiger partial charge in [-0.05, 0) is 43.2 Å². The van der Waals surface area contributed by atoms with Crippen LogP contribution in [0.15, 0.2) is 42.6 Å². The monoisotopic (exact) mass is 558 g/mol. The summed E-state index contributed by atoms with van der Waals surface area (Å²) in [7, 11) is -1.58. The number of anilines is 1. The average molecular weight is 559 g/mol. The van der Waals surface area contributed by atoms with Gasteiger partial charge >= 0.3 is 6.18 Å². The lowest BCUT2D eigenvalue weighted by molar-refractivity contribution is -0.106. The van der Waals surface area contributed by atoms with Crippen molar-refractivity contribution in [3.63, 3.8) is 0 Å². The number of nitrogens with zero attached hydrogens (tertiary/aromatic N) is 3. The molecule has 1 aliphatic heterocycles. The fourth-order valence-electron chi connectivity index (χ4n) is 4.27. The number of fused-ring (bicyclic) bond motifs is 1. The fraction of sp³-hybridized carbons (Fsp3) is 0.520. The van der Waals surface area contributed by atoms with Gasteiger partial charge in [0, 0.05) is 51.7 Å². The van der Waals surface area contributed by atoms with Crippen LogP contribution in [0.4, 0.5) is 18.9 Å². The van der Waals surface area contributed by atoms with Crippen LogP contribution in [0.3, 0.4) is 0 Å². The number of methoxy groups -OCH3 is 1. The van der Waals surface area contributed by atoms with E-state index in [1.54, 1.807) is 20.4 Å². The summed E-state index contributed by atoms with van der Waals surface area (Å²) in [5, 5.41) is 0. The number of hydrogen-bond donors (Lipinski definition) is 1. The molecule has 0 saturated heterocycles. The van der Waals surface area contributed by atoms with E-state index in [9.17, 15) is 26.4 Å². The number of halogens is 3. The molecular formula is C25H33F3N4O5S. The Bertz CT molecular complexity index is 1200. The van der Waals surface area contributed by atoms with Crippen LogP contribution in [0.5, 0.6) is 5.75 Å². The van der Waals surface area contributed by atoms with Crippen LogP contribution in [-0.2, 0) is 21.3 Å². The summed E-state index contributed by atoms with van der Waals surface area (Å²) in [4.78, 5) is 21.4. The van der Waals surface area contributed by atoms with Crippen molar-refractivity contribution in [3.8, 4) is 5.75 Å². The lowest BCUT2D eigenvalue weighted by atomic mass is 10.0. The molecule has 0 radical (unpaired) electrons. The maximum absolute atomic E-state index is 13.4. The molecular weight excluding hydrogens is 525 g/mol. The van der Waals surface area contributed by atoms with Crippen LogP contribution >= 0.6 is 0 Å². The summed E-state index contributed by atoms with van der Waals surface area (Å²) >= 11 is 0. The number of nitrogens with one attached hydrogen (secondary N) is 1. The highest BCUT2D eigenvalue weighted by Gasteiger charge is 2.35. The third kappa shape index (κ3) is 8.30. The van der Waals surface area contributed by atoms with E-state index in [1.807, 2.05) is 36.8 Å². The molecule has 210 valence electrons. The zero-order valence-electron chi connectivity index (χ0n) is 21.7. The third-order valence-electron chi connectivity index (χ3n) is 6.29. The Morgan fingerprint density at radius 3 is 2.55 bits per heavy atom. The Morgan fingerprint density at radius 1 is 1.18 bits per heavy atom. The van der Waals surface area contributed by atoms with Gasteiger partial charge in [0.15, 0.2) is 5.75 Å². The van der Waals surface area contributed by atoms with E-state index in [0.717, 1.165) is 5.69 Å². The number of ether oxygens (including phenoxy) is 2. The van der Waals surface area contributed by atoms with E-state index < -0.39 is 27.9 Å². The molecule has 1 aliphatic rings. The molecule has 1 N–H and O–H groups in total. The third-order valence-corrected chi connectivity index (χ3v) is 7.55. The zero-order valence-corrected chi connectivity index (χ0v) is 22.6. The van der Waals surface area contributed by atoms with E-state index in [2.05, 4.69) is 9.88 Å². The van der Waals surface area contributed by atoms with Gasteiger partial charge < -0.3 is 14.4 Å². The van der Waals surface area contributed by atoms with Crippen LogP contribution in [0, 0.1) is 5.92 Å². The molecule has 0 bridgehead atoms. The first-order chi connectivity index (χ1) is 17.8. The number of benzene rings is 1. The maximum atomic E-state index is 13.4. The normalized spacial score (nSPS) is 22.1. The molecule has 1 amide bonds. The van der Waals surface area contributed by atoms with E-state index in [1.165, 1.54) is 23.1 Å². The standard InChI is InChI=1S/C25H33F3N4O5S/c1-17-12-32(13-20-7-5-6-10-29-20)18(2)15-37-22-9-8-19(30-38(34,35)16-25(26,27)28)11-21(22)24(33)31(3)14-23(17)36-4/h5-11,17-18,23,30H,12-16H2,1-4H3/t17-,18+,23+/m1/s1. The van der Waals surface area contributed by atoms with Crippen LogP contribution < -0.4 is 9.46 Å². The highest BCUT2D eigenvalue weighted by Crippen LogP contribution is 2.28. The first kappa shape index (κ1) is 29.7. The number of aromatic nitrogens is 1. The summed E-state index contributed by atoms with van der Waals surface area (Å²) in [5.41, 5.74) is 0.731. The topological polar surface area (TPSA) is 101 Å². The molecule has 0 spiro atoms. The van der Waals surface area contributed by atoms with Gasteiger partial charge in [0.05, 0.1) is 17.4 Å². The van der Waals surface area contributed by atoms with Crippen molar-refractivity contribution in [2.45, 2.75) is 38.7 Å². The van der Waals surface area contributed by atoms with Crippen LogP contribution in [-0.4, -0.2) is 87.0 Å². The van der Waals surface area contributed by atoms with Gasteiger partial charge in [0.2, 0.25) is 10.0 Å². The Kier molecular flexibility index (Phi) is 9.60. The van der Waals surface area contributed by atoms with E-state index >= 15 is 0 Å². The number of amides is 1. The molecule has 9 nitrogen and oxygen atoms in total. The molecule has 0 saturated carbocycles. The summed E-state index contributed by atoms with van der Waals surface area (Å²) in [6.07, 6.45) is -3.50. The van der Waals surface area contributed by atoms with Crippen molar-refractivity contribution in [3.05, 3.63) is 53.9 Å². The number of carbonyl (C=O) groups excluding carboxylic acids is 1. The number of rotatable bonds is 6. The van der Waals surface area contributed by atoms with Gasteiger partial charge in [-0.15, -0.1) is 0 Å². The Labute approximate surface area is 221 Å². The number of sulfonamides is 1. The molecule has 0 unspecified atom stereocenters. The smallest absolute Gasteiger partial charge is 0.404 e. The average Bonchev–Trinajstić information content (AvgIpc) is 2.83. The second-order valence-corrected chi connectivity index (χ2v) is 11.3. The van der Waals surface area contributed by atoms with Gasteiger partial charge in [-0.25, -0.2) is 8.42 Å². The highest BCUT2D eigenvalue weighted by atomic mass is 32.2. The van der Waals surface area contributed by atoms with Crippen LogP contribution in [0.2, 0.25) is 0 Å². The molecule has 3 rings (SSSR count). The van der Waals surface area contributed by atoms with Crippen molar-refractivity contribution in [2.75, 3.05) is 44.3 Å². The second kappa shape index (κ2) is 12.3. The molecule has 1 aromatic heterocycles. The lowest BCUT2D eigenvalue weighted by Crippen LogP contribution is -2.46. The minimum absolute atomic E-state index is 0.0146. The van der Waals surface area contributed by atoms with Gasteiger partial charge in [0.1, 0.15) is 12.4 Å². The van der Waals surface area contributed by atoms with Crippen LogP contribution in [0.25, 0.3) is 0 Å². The Hall–Kier alpha value is -2.90. The first-order valence-corrected chi connectivity index (χ1v) is 13.7. The molecule has 38 heavy (non-hydrogen) atoms. The Balaban J connectivity index is 1.94. The first-order valence-electron chi connectivity index (χ1n) is 12.0. The van der Waals surface area contributed by atoms with Gasteiger partial charge in [0.25, 0.3) is 5.91 Å². The number of hydrogen-bond acceptors (Lipinski definition) is 7. The highest BCUT2D eigenvalue weighted by molar-refractivity contribution is 7.92. The van der Waals surface area contributed by atoms with Crippen molar-refractivity contribution < 1.29 is 35.9 Å².